The molecule has 0 saturated carbocycles. The Bertz CT molecular complexity index is 1400. The van der Waals surface area contributed by atoms with Crippen LogP contribution in [0.15, 0.2) is 36.4 Å². The number of carbonyl (C=O) groups excluding carboxylic acids is 1. The third kappa shape index (κ3) is 4.20. The molecule has 0 saturated heterocycles. The van der Waals surface area contributed by atoms with Crippen LogP contribution in [0.1, 0.15) is 42.8 Å². The summed E-state index contributed by atoms with van der Waals surface area (Å²) in [6.45, 7) is 6.87. The van der Waals surface area contributed by atoms with E-state index in [2.05, 4.69) is 9.97 Å². The van der Waals surface area contributed by atoms with Gasteiger partial charge in [0, 0.05) is 35.0 Å². The van der Waals surface area contributed by atoms with E-state index >= 15 is 0 Å². The van der Waals surface area contributed by atoms with Crippen LogP contribution in [0.25, 0.3) is 21.8 Å². The summed E-state index contributed by atoms with van der Waals surface area (Å²) in [5.74, 6) is -0.459. The first-order chi connectivity index (χ1) is 15.7. The quantitative estimate of drug-likeness (QED) is 0.312. The predicted octanol–water partition coefficient (Wildman–Crippen LogP) is 6.76. The van der Waals surface area contributed by atoms with Crippen LogP contribution in [-0.2, 0) is 11.2 Å². The number of esters is 1. The van der Waals surface area contributed by atoms with Crippen LogP contribution in [-0.4, -0.2) is 15.9 Å². The number of para-hydroxylation sites is 1. The topological polar surface area (TPSA) is 61.3 Å². The number of rotatable bonds is 5. The maximum atomic E-state index is 14.3. The molecule has 4 rings (SSSR count). The Hall–Kier alpha value is -3.68. The lowest BCUT2D eigenvalue weighted by Gasteiger charge is -2.17. The number of benzene rings is 2. The van der Waals surface area contributed by atoms with Crippen LogP contribution in [0, 0.1) is 19.7 Å². The van der Waals surface area contributed by atoms with Gasteiger partial charge in [-0.1, -0.05) is 13.0 Å². The van der Waals surface area contributed by atoms with Gasteiger partial charge in [-0.3, -0.25) is 9.78 Å². The molecule has 0 aliphatic carbocycles. The van der Waals surface area contributed by atoms with Crippen molar-refractivity contribution in [3.8, 4) is 17.2 Å². The summed E-state index contributed by atoms with van der Waals surface area (Å²) < 4.78 is 52.7. The number of hydrogen-bond donors (Lipinski definition) is 0. The summed E-state index contributed by atoms with van der Waals surface area (Å²) in [6.07, 6.45) is -2.25. The molecule has 0 atom stereocenters. The lowest BCUT2D eigenvalue weighted by atomic mass is 10.0. The van der Waals surface area contributed by atoms with Gasteiger partial charge in [0.25, 0.3) is 6.43 Å². The largest absolute Gasteiger partial charge is 0.456 e. The first-order valence-corrected chi connectivity index (χ1v) is 10.4. The van der Waals surface area contributed by atoms with E-state index in [-0.39, 0.29) is 16.7 Å². The number of nitrogens with zero attached hydrogens (tertiary/aromatic N) is 2. The number of hydrogen-bond acceptors (Lipinski definition) is 5. The van der Waals surface area contributed by atoms with Crippen molar-refractivity contribution in [1.82, 2.24) is 9.97 Å². The Morgan fingerprint density at radius 1 is 1.06 bits per heavy atom. The highest BCUT2D eigenvalue weighted by Gasteiger charge is 2.19. The molecular weight excluding hydrogens is 433 g/mol. The summed E-state index contributed by atoms with van der Waals surface area (Å²) in [7, 11) is 0. The fourth-order valence-corrected chi connectivity index (χ4v) is 3.75. The zero-order chi connectivity index (χ0) is 23.9. The molecule has 0 amide bonds. The van der Waals surface area contributed by atoms with Crippen LogP contribution in [0.3, 0.4) is 0 Å². The van der Waals surface area contributed by atoms with Crippen molar-refractivity contribution < 1.29 is 27.4 Å². The number of alkyl halides is 2. The molecule has 170 valence electrons. The van der Waals surface area contributed by atoms with Crippen molar-refractivity contribution in [1.29, 1.82) is 0 Å². The molecule has 5 nitrogen and oxygen atoms in total. The maximum absolute atomic E-state index is 14.3. The molecule has 0 radical (unpaired) electrons. The van der Waals surface area contributed by atoms with E-state index in [0.717, 1.165) is 23.4 Å². The number of ether oxygens (including phenoxy) is 2. The minimum Gasteiger partial charge on any atom is -0.456 e. The average molecular weight is 454 g/mol. The highest BCUT2D eigenvalue weighted by Crippen LogP contribution is 2.39. The molecule has 2 aromatic heterocycles. The molecule has 0 N–H and O–H groups in total. The summed E-state index contributed by atoms with van der Waals surface area (Å²) in [5, 5.41) is 0.800. The van der Waals surface area contributed by atoms with Gasteiger partial charge in [-0.05, 0) is 50.1 Å². The Kier molecular flexibility index (Phi) is 5.93. The Labute approximate surface area is 188 Å². The van der Waals surface area contributed by atoms with Crippen LogP contribution < -0.4 is 9.47 Å². The van der Waals surface area contributed by atoms with Gasteiger partial charge in [-0.2, -0.15) is 0 Å². The Balaban J connectivity index is 1.93. The van der Waals surface area contributed by atoms with Gasteiger partial charge < -0.3 is 9.47 Å². The van der Waals surface area contributed by atoms with E-state index in [4.69, 9.17) is 9.47 Å². The van der Waals surface area contributed by atoms with Crippen LogP contribution in [0.4, 0.5) is 13.2 Å². The van der Waals surface area contributed by atoms with Gasteiger partial charge in [-0.15, -0.1) is 0 Å². The van der Waals surface area contributed by atoms with Crippen LogP contribution >= 0.6 is 0 Å². The van der Waals surface area contributed by atoms with E-state index < -0.39 is 23.9 Å². The van der Waals surface area contributed by atoms with Gasteiger partial charge in [0.2, 0.25) is 0 Å². The van der Waals surface area contributed by atoms with Gasteiger partial charge in [0.15, 0.2) is 0 Å². The monoisotopic (exact) mass is 454 g/mol. The predicted molar refractivity (Wildman–Crippen MR) is 119 cm³/mol. The summed E-state index contributed by atoms with van der Waals surface area (Å²) in [4.78, 5) is 20.2. The maximum Gasteiger partial charge on any atom is 0.308 e. The summed E-state index contributed by atoms with van der Waals surface area (Å²) in [6, 6.07) is 8.69. The summed E-state index contributed by atoms with van der Waals surface area (Å²) in [5.41, 5.74) is 2.02. The van der Waals surface area contributed by atoms with E-state index in [0.29, 0.717) is 34.4 Å². The van der Waals surface area contributed by atoms with Crippen molar-refractivity contribution in [2.75, 3.05) is 0 Å². The lowest BCUT2D eigenvalue weighted by Crippen LogP contribution is -2.06. The smallest absolute Gasteiger partial charge is 0.308 e. The fraction of sp³-hybridized carbons (Fsp3) is 0.240. The van der Waals surface area contributed by atoms with Crippen molar-refractivity contribution in [2.45, 2.75) is 40.5 Å². The van der Waals surface area contributed by atoms with Gasteiger partial charge in [-0.25, -0.2) is 18.2 Å². The van der Waals surface area contributed by atoms with Crippen LogP contribution in [0.5, 0.6) is 17.2 Å². The standard InChI is InChI=1S/C25H21F3N2O3/c1-5-18-13(3)24(32-14(4)31)16-10-21(12(2)9-19(16)29-18)33-22-11-20(25(27)28)30-23-15(22)7-6-8-17(23)26/h6-11,25H,5H2,1-4H3. The van der Waals surface area contributed by atoms with Gasteiger partial charge in [0.05, 0.1) is 5.52 Å². The molecule has 0 spiro atoms. The number of halogens is 3. The molecule has 4 aromatic rings. The van der Waals surface area contributed by atoms with E-state index in [1.165, 1.54) is 13.0 Å². The minimum atomic E-state index is -2.90. The number of aromatic nitrogens is 2. The summed E-state index contributed by atoms with van der Waals surface area (Å²) >= 11 is 0. The molecule has 0 unspecified atom stereocenters. The highest BCUT2D eigenvalue weighted by molar-refractivity contribution is 5.91. The van der Waals surface area contributed by atoms with Crippen LogP contribution in [0.2, 0.25) is 0 Å². The molecule has 0 fully saturated rings. The zero-order valence-electron chi connectivity index (χ0n) is 18.5. The normalized spacial score (nSPS) is 11.4. The van der Waals surface area contributed by atoms with Crippen molar-refractivity contribution in [2.24, 2.45) is 0 Å². The lowest BCUT2D eigenvalue weighted by molar-refractivity contribution is -0.131. The Morgan fingerprint density at radius 2 is 1.82 bits per heavy atom. The molecule has 2 aromatic carbocycles. The van der Waals surface area contributed by atoms with Gasteiger partial charge in [0.1, 0.15) is 34.3 Å². The first-order valence-electron chi connectivity index (χ1n) is 10.4. The first kappa shape index (κ1) is 22.5. The Morgan fingerprint density at radius 3 is 2.48 bits per heavy atom. The molecule has 8 heteroatoms. The molecule has 2 heterocycles. The number of pyridine rings is 2. The van der Waals surface area contributed by atoms with E-state index in [1.54, 1.807) is 25.1 Å². The number of aryl methyl sites for hydroxylation is 2. The molecular formula is C25H21F3N2O3. The zero-order valence-corrected chi connectivity index (χ0v) is 18.5. The second-order valence-electron chi connectivity index (χ2n) is 7.68. The third-order valence-corrected chi connectivity index (χ3v) is 5.36. The minimum absolute atomic E-state index is 0.0427. The molecule has 0 aliphatic heterocycles. The van der Waals surface area contributed by atoms with Crippen molar-refractivity contribution >= 4 is 27.8 Å². The average Bonchev–Trinajstić information content (AvgIpc) is 2.76. The van der Waals surface area contributed by atoms with E-state index in [1.807, 2.05) is 13.8 Å². The highest BCUT2D eigenvalue weighted by atomic mass is 19.3. The SMILES string of the molecule is CCc1nc2cc(C)c(Oc3cc(C(F)F)nc4c(F)cccc34)cc2c(OC(C)=O)c1C. The molecule has 0 bridgehead atoms. The fourth-order valence-electron chi connectivity index (χ4n) is 3.75. The third-order valence-electron chi connectivity index (χ3n) is 5.36. The van der Waals surface area contributed by atoms with E-state index in [9.17, 15) is 18.0 Å². The second kappa shape index (κ2) is 8.69. The number of carbonyl (C=O) groups is 1. The molecule has 33 heavy (non-hydrogen) atoms. The second-order valence-corrected chi connectivity index (χ2v) is 7.68. The van der Waals surface area contributed by atoms with Crippen molar-refractivity contribution in [3.63, 3.8) is 0 Å². The number of fused-ring (bicyclic) bond motifs is 2. The molecule has 0 aliphatic rings. The van der Waals surface area contributed by atoms with Gasteiger partial charge >= 0.3 is 5.97 Å². The van der Waals surface area contributed by atoms with Crippen molar-refractivity contribution in [3.05, 3.63) is 64.7 Å².